The fourth-order valence-electron chi connectivity index (χ4n) is 2.25. The van der Waals surface area contributed by atoms with Gasteiger partial charge in [-0.3, -0.25) is 9.59 Å². The number of amides is 2. The summed E-state index contributed by atoms with van der Waals surface area (Å²) in [4.78, 5) is 24.8. The molecule has 4 heteroatoms. The maximum Gasteiger partial charge on any atom is 0.251 e. The van der Waals surface area contributed by atoms with Gasteiger partial charge in [0.1, 0.15) is 0 Å². The highest BCUT2D eigenvalue weighted by atomic mass is 16.1. The lowest BCUT2D eigenvalue weighted by molar-refractivity contribution is -0.121. The molecule has 0 unspecified atom stereocenters. The van der Waals surface area contributed by atoms with Gasteiger partial charge in [-0.15, -0.1) is 0 Å². The number of rotatable bonds is 6. The van der Waals surface area contributed by atoms with Gasteiger partial charge in [-0.25, -0.2) is 0 Å². The summed E-state index contributed by atoms with van der Waals surface area (Å²) in [5, 5.41) is 2.90. The Morgan fingerprint density at radius 2 is 1.70 bits per heavy atom. The minimum absolute atomic E-state index is 0.109. The lowest BCUT2D eigenvalue weighted by Gasteiger charge is -2.33. The predicted molar refractivity (Wildman–Crippen MR) is 90.9 cm³/mol. The van der Waals surface area contributed by atoms with Gasteiger partial charge in [0.2, 0.25) is 6.41 Å². The second-order valence-electron chi connectivity index (χ2n) is 6.02. The lowest BCUT2D eigenvalue weighted by atomic mass is 9.92. The number of nitrogens with zero attached hydrogens (tertiary/aromatic N) is 1. The first kappa shape index (κ1) is 16.7. The molecular formula is C19H22N2O2. The summed E-state index contributed by atoms with van der Waals surface area (Å²) < 4.78 is 0. The first-order chi connectivity index (χ1) is 10.9. The largest absolute Gasteiger partial charge is 0.348 e. The molecule has 120 valence electrons. The van der Waals surface area contributed by atoms with Crippen molar-refractivity contribution in [1.29, 1.82) is 0 Å². The van der Waals surface area contributed by atoms with Gasteiger partial charge < -0.3 is 10.2 Å². The minimum atomic E-state index is -0.416. The van der Waals surface area contributed by atoms with Crippen molar-refractivity contribution < 1.29 is 9.59 Å². The molecule has 0 aromatic heterocycles. The van der Waals surface area contributed by atoms with E-state index in [1.54, 1.807) is 24.1 Å². The van der Waals surface area contributed by atoms with Crippen LogP contribution in [0, 0.1) is 0 Å². The van der Waals surface area contributed by atoms with E-state index in [4.69, 9.17) is 0 Å². The van der Waals surface area contributed by atoms with Gasteiger partial charge in [0.25, 0.3) is 5.91 Å². The lowest BCUT2D eigenvalue weighted by Crippen LogP contribution is -2.37. The third-order valence-corrected chi connectivity index (χ3v) is 4.19. The molecule has 0 saturated carbocycles. The van der Waals surface area contributed by atoms with Crippen LogP contribution in [-0.2, 0) is 16.9 Å². The standard InChI is InChI=1S/C19H22N2O2/c1-19(2,21(3)14-22)17-11-9-16(10-12-17)18(23)20-13-15-7-5-4-6-8-15/h4-12,14H,13H2,1-3H3,(H,20,23). The molecule has 0 aliphatic heterocycles. The van der Waals surface area contributed by atoms with Crippen LogP contribution in [-0.4, -0.2) is 24.3 Å². The predicted octanol–water partition coefficient (Wildman–Crippen LogP) is 2.94. The summed E-state index contributed by atoms with van der Waals surface area (Å²) in [6.45, 7) is 4.43. The van der Waals surface area contributed by atoms with E-state index in [0.29, 0.717) is 12.1 Å². The molecule has 0 aliphatic rings. The van der Waals surface area contributed by atoms with E-state index >= 15 is 0 Å². The van der Waals surface area contributed by atoms with Gasteiger partial charge in [-0.1, -0.05) is 42.5 Å². The zero-order valence-electron chi connectivity index (χ0n) is 13.7. The van der Waals surface area contributed by atoms with Crippen LogP contribution in [0.1, 0.15) is 35.3 Å². The van der Waals surface area contributed by atoms with Crippen LogP contribution < -0.4 is 5.32 Å². The molecule has 0 heterocycles. The number of hydrogen-bond donors (Lipinski definition) is 1. The first-order valence-corrected chi connectivity index (χ1v) is 7.56. The maximum atomic E-state index is 12.2. The molecule has 0 saturated heterocycles. The Hall–Kier alpha value is -2.62. The zero-order valence-corrected chi connectivity index (χ0v) is 13.7. The van der Waals surface area contributed by atoms with Crippen LogP contribution in [0.4, 0.5) is 0 Å². The monoisotopic (exact) mass is 310 g/mol. The highest BCUT2D eigenvalue weighted by Gasteiger charge is 2.24. The Kier molecular flexibility index (Phi) is 5.16. The van der Waals surface area contributed by atoms with E-state index in [2.05, 4.69) is 5.32 Å². The van der Waals surface area contributed by atoms with Crippen molar-refractivity contribution in [3.05, 3.63) is 71.3 Å². The maximum absolute atomic E-state index is 12.2. The molecule has 1 N–H and O–H groups in total. The van der Waals surface area contributed by atoms with Crippen molar-refractivity contribution >= 4 is 12.3 Å². The van der Waals surface area contributed by atoms with E-state index in [1.165, 1.54) is 0 Å². The molecule has 0 aliphatic carbocycles. The average Bonchev–Trinajstić information content (AvgIpc) is 2.59. The van der Waals surface area contributed by atoms with Crippen LogP contribution in [0.15, 0.2) is 54.6 Å². The SMILES string of the molecule is CN(C=O)C(C)(C)c1ccc(C(=O)NCc2ccccc2)cc1. The molecular weight excluding hydrogens is 288 g/mol. The Morgan fingerprint density at radius 3 is 2.26 bits per heavy atom. The smallest absolute Gasteiger partial charge is 0.251 e. The number of benzene rings is 2. The highest BCUT2D eigenvalue weighted by molar-refractivity contribution is 5.94. The fraction of sp³-hybridized carbons (Fsp3) is 0.263. The van der Waals surface area contributed by atoms with Crippen molar-refractivity contribution in [3.8, 4) is 0 Å². The molecule has 0 fully saturated rings. The van der Waals surface area contributed by atoms with Gasteiger partial charge in [0.15, 0.2) is 0 Å². The Morgan fingerprint density at radius 1 is 1.09 bits per heavy atom. The molecule has 2 aromatic carbocycles. The number of nitrogens with one attached hydrogen (secondary N) is 1. The molecule has 2 rings (SSSR count). The quantitative estimate of drug-likeness (QED) is 0.834. The topological polar surface area (TPSA) is 49.4 Å². The summed E-state index contributed by atoms with van der Waals surface area (Å²) in [5.41, 5.74) is 2.23. The van der Waals surface area contributed by atoms with Crippen LogP contribution >= 0.6 is 0 Å². The minimum Gasteiger partial charge on any atom is -0.348 e. The molecule has 0 spiro atoms. The second-order valence-corrected chi connectivity index (χ2v) is 6.02. The number of carbonyl (C=O) groups excluding carboxylic acids is 2. The molecule has 2 amide bonds. The van der Waals surface area contributed by atoms with Crippen LogP contribution in [0.5, 0.6) is 0 Å². The number of hydrogen-bond acceptors (Lipinski definition) is 2. The molecule has 0 atom stereocenters. The third kappa shape index (κ3) is 3.97. The Balaban J connectivity index is 2.04. The molecule has 0 radical (unpaired) electrons. The summed E-state index contributed by atoms with van der Waals surface area (Å²) in [7, 11) is 1.74. The van der Waals surface area contributed by atoms with Crippen molar-refractivity contribution in [1.82, 2.24) is 10.2 Å². The molecule has 0 bridgehead atoms. The van der Waals surface area contributed by atoms with E-state index < -0.39 is 5.54 Å². The van der Waals surface area contributed by atoms with E-state index in [1.807, 2.05) is 56.3 Å². The highest BCUT2D eigenvalue weighted by Crippen LogP contribution is 2.25. The second kappa shape index (κ2) is 7.09. The van der Waals surface area contributed by atoms with Crippen molar-refractivity contribution in [2.75, 3.05) is 7.05 Å². The Bertz CT molecular complexity index is 664. The van der Waals surface area contributed by atoms with Crippen LogP contribution in [0.2, 0.25) is 0 Å². The number of carbonyl (C=O) groups is 2. The van der Waals surface area contributed by atoms with E-state index in [9.17, 15) is 9.59 Å². The van der Waals surface area contributed by atoms with E-state index in [0.717, 1.165) is 17.5 Å². The van der Waals surface area contributed by atoms with Crippen molar-refractivity contribution in [2.45, 2.75) is 25.9 Å². The Labute approximate surface area is 137 Å². The van der Waals surface area contributed by atoms with Crippen molar-refractivity contribution in [3.63, 3.8) is 0 Å². The van der Waals surface area contributed by atoms with Gasteiger partial charge >= 0.3 is 0 Å². The average molecular weight is 310 g/mol. The van der Waals surface area contributed by atoms with Crippen LogP contribution in [0.25, 0.3) is 0 Å². The van der Waals surface area contributed by atoms with Crippen molar-refractivity contribution in [2.24, 2.45) is 0 Å². The summed E-state index contributed by atoms with van der Waals surface area (Å²) >= 11 is 0. The molecule has 2 aromatic rings. The van der Waals surface area contributed by atoms with Gasteiger partial charge in [0, 0.05) is 19.2 Å². The van der Waals surface area contributed by atoms with Gasteiger partial charge in [-0.05, 0) is 37.1 Å². The first-order valence-electron chi connectivity index (χ1n) is 7.56. The van der Waals surface area contributed by atoms with E-state index in [-0.39, 0.29) is 5.91 Å². The summed E-state index contributed by atoms with van der Waals surface area (Å²) in [6, 6.07) is 17.1. The third-order valence-electron chi connectivity index (χ3n) is 4.19. The fourth-order valence-corrected chi connectivity index (χ4v) is 2.25. The summed E-state index contributed by atoms with van der Waals surface area (Å²) in [6.07, 6.45) is 0.806. The molecule has 4 nitrogen and oxygen atoms in total. The molecule has 23 heavy (non-hydrogen) atoms. The van der Waals surface area contributed by atoms with Gasteiger partial charge in [-0.2, -0.15) is 0 Å². The van der Waals surface area contributed by atoms with Crippen LogP contribution in [0.3, 0.4) is 0 Å². The van der Waals surface area contributed by atoms with Gasteiger partial charge in [0.05, 0.1) is 5.54 Å². The zero-order chi connectivity index (χ0) is 16.9. The summed E-state index contributed by atoms with van der Waals surface area (Å²) in [5.74, 6) is -0.109. The normalized spacial score (nSPS) is 10.9.